The van der Waals surface area contributed by atoms with Crippen molar-refractivity contribution in [2.45, 2.75) is 24.9 Å². The van der Waals surface area contributed by atoms with Gasteiger partial charge in [0.05, 0.1) is 23.9 Å². The number of hydrogen-bond donors (Lipinski definition) is 2. The molecule has 1 aromatic heterocycles. The number of nitrogens with zero attached hydrogens (tertiary/aromatic N) is 2. The van der Waals surface area contributed by atoms with Gasteiger partial charge in [-0.2, -0.15) is 13.2 Å². The lowest BCUT2D eigenvalue weighted by atomic mass is 9.96. The zero-order chi connectivity index (χ0) is 26.0. The number of nitrogens with one attached hydrogen (secondary N) is 1. The van der Waals surface area contributed by atoms with Gasteiger partial charge in [-0.1, -0.05) is 66.7 Å². The number of carboxylic acids is 1. The minimum absolute atomic E-state index is 0.139. The molecule has 2 N–H and O–H groups in total. The minimum atomic E-state index is -4.50. The molecular weight excluding hydrogens is 479 g/mol. The Bertz CT molecular complexity index is 1380. The first kappa shape index (κ1) is 24.8. The number of carboxylic acid groups (broad SMARTS) is 1. The van der Waals surface area contributed by atoms with E-state index in [1.165, 1.54) is 17.7 Å². The molecule has 1 saturated heterocycles. The molecule has 0 bridgehead atoms. The Morgan fingerprint density at radius 1 is 1.00 bits per heavy atom. The van der Waals surface area contributed by atoms with Crippen molar-refractivity contribution in [3.05, 3.63) is 90.1 Å². The normalized spacial score (nSPS) is 16.2. The van der Waals surface area contributed by atoms with Crippen molar-refractivity contribution in [2.24, 2.45) is 0 Å². The topological polar surface area (TPSA) is 69.2 Å². The van der Waals surface area contributed by atoms with Gasteiger partial charge in [-0.05, 0) is 41.6 Å². The van der Waals surface area contributed by atoms with E-state index < -0.39 is 17.7 Å². The molecule has 1 unspecified atom stereocenters. The second kappa shape index (κ2) is 10.2. The molecule has 0 radical (unpaired) electrons. The van der Waals surface area contributed by atoms with Crippen LogP contribution in [0.25, 0.3) is 33.8 Å². The smallest absolute Gasteiger partial charge is 0.417 e. The zero-order valence-corrected chi connectivity index (χ0v) is 20.0. The number of aromatic amines is 1. The molecule has 4 aromatic rings. The maximum absolute atomic E-state index is 13.9. The number of benzene rings is 3. The van der Waals surface area contributed by atoms with E-state index in [1.807, 2.05) is 24.3 Å². The Labute approximate surface area is 212 Å². The summed E-state index contributed by atoms with van der Waals surface area (Å²) in [6.07, 6.45) is -1.82. The average molecular weight is 506 g/mol. The second-order valence-corrected chi connectivity index (χ2v) is 9.32. The summed E-state index contributed by atoms with van der Waals surface area (Å²) in [6, 6.07) is 20.9. The first-order valence-corrected chi connectivity index (χ1v) is 12.1. The maximum atomic E-state index is 13.9. The Kier molecular flexibility index (Phi) is 6.84. The molecule has 37 heavy (non-hydrogen) atoms. The first-order valence-electron chi connectivity index (χ1n) is 12.1. The quantitative estimate of drug-likeness (QED) is 0.294. The number of hydrogen-bond acceptors (Lipinski definition) is 3. The Hall–Kier alpha value is -3.91. The lowest BCUT2D eigenvalue weighted by Gasteiger charge is -2.15. The van der Waals surface area contributed by atoms with Crippen LogP contribution in [-0.4, -0.2) is 45.6 Å². The largest absolute Gasteiger partial charge is 0.481 e. The van der Waals surface area contributed by atoms with Crippen LogP contribution in [0.4, 0.5) is 13.2 Å². The molecule has 0 aliphatic carbocycles. The standard InChI is InChI=1S/C29H26F3N3O2/c30-29(31,32)25-16-22(10-11-24(25)20-4-2-1-3-5-20)26-17-33-28(34-26)21-8-6-19(7-9-21)23-12-14-35(18-23)15-13-27(36)37/h1-11,16-17,23H,12-15,18H2,(H,33,34)(H,36,37). The summed E-state index contributed by atoms with van der Waals surface area (Å²) < 4.78 is 41.7. The van der Waals surface area contributed by atoms with Gasteiger partial charge in [0.1, 0.15) is 5.82 Å². The lowest BCUT2D eigenvalue weighted by Crippen LogP contribution is -2.23. The van der Waals surface area contributed by atoms with Crippen LogP contribution in [0.1, 0.15) is 29.9 Å². The summed E-state index contributed by atoms with van der Waals surface area (Å²) in [6.45, 7) is 2.27. The molecule has 1 aliphatic rings. The summed E-state index contributed by atoms with van der Waals surface area (Å²) in [7, 11) is 0. The molecule has 0 saturated carbocycles. The predicted octanol–water partition coefficient (Wildman–Crippen LogP) is 6.69. The monoisotopic (exact) mass is 505 g/mol. The van der Waals surface area contributed by atoms with Crippen molar-refractivity contribution < 1.29 is 23.1 Å². The van der Waals surface area contributed by atoms with Crippen LogP contribution in [-0.2, 0) is 11.0 Å². The fourth-order valence-electron chi connectivity index (χ4n) is 4.91. The van der Waals surface area contributed by atoms with E-state index in [4.69, 9.17) is 5.11 Å². The number of aromatic nitrogens is 2. The average Bonchev–Trinajstić information content (AvgIpc) is 3.58. The highest BCUT2D eigenvalue weighted by Crippen LogP contribution is 2.39. The van der Waals surface area contributed by atoms with E-state index in [-0.39, 0.29) is 12.0 Å². The molecule has 3 aromatic carbocycles. The third kappa shape index (κ3) is 5.59. The molecule has 190 valence electrons. The number of alkyl halides is 3. The molecule has 1 fully saturated rings. The molecule has 0 spiro atoms. The highest BCUT2D eigenvalue weighted by atomic mass is 19.4. The van der Waals surface area contributed by atoms with Crippen LogP contribution in [0.3, 0.4) is 0 Å². The lowest BCUT2D eigenvalue weighted by molar-refractivity contribution is -0.138. The molecule has 2 heterocycles. The van der Waals surface area contributed by atoms with Crippen molar-refractivity contribution in [3.63, 3.8) is 0 Å². The second-order valence-electron chi connectivity index (χ2n) is 9.32. The van der Waals surface area contributed by atoms with Crippen molar-refractivity contribution in [2.75, 3.05) is 19.6 Å². The van der Waals surface area contributed by atoms with Gasteiger partial charge < -0.3 is 15.0 Å². The van der Waals surface area contributed by atoms with Gasteiger partial charge in [-0.3, -0.25) is 4.79 Å². The molecule has 8 heteroatoms. The SMILES string of the molecule is O=C(O)CCN1CCC(c2ccc(-c3ncc(-c4ccc(-c5ccccc5)c(C(F)(F)F)c4)[nH]3)cc2)C1. The van der Waals surface area contributed by atoms with Crippen LogP contribution in [0.5, 0.6) is 0 Å². The van der Waals surface area contributed by atoms with E-state index in [0.717, 1.165) is 25.1 Å². The minimum Gasteiger partial charge on any atom is -0.481 e. The highest BCUT2D eigenvalue weighted by Gasteiger charge is 2.34. The molecule has 5 nitrogen and oxygen atoms in total. The summed E-state index contributed by atoms with van der Waals surface area (Å²) in [5, 5.41) is 8.89. The number of likely N-dealkylation sites (tertiary alicyclic amines) is 1. The third-order valence-corrected chi connectivity index (χ3v) is 6.87. The van der Waals surface area contributed by atoms with Gasteiger partial charge in [-0.25, -0.2) is 4.98 Å². The van der Waals surface area contributed by atoms with E-state index in [0.29, 0.717) is 35.1 Å². The van der Waals surface area contributed by atoms with Gasteiger partial charge in [0.15, 0.2) is 0 Å². The first-order chi connectivity index (χ1) is 17.8. The van der Waals surface area contributed by atoms with E-state index in [2.05, 4.69) is 14.9 Å². The fourth-order valence-corrected chi connectivity index (χ4v) is 4.91. The van der Waals surface area contributed by atoms with Gasteiger partial charge in [-0.15, -0.1) is 0 Å². The van der Waals surface area contributed by atoms with Gasteiger partial charge >= 0.3 is 12.1 Å². The van der Waals surface area contributed by atoms with Crippen LogP contribution >= 0.6 is 0 Å². The fraction of sp³-hybridized carbons (Fsp3) is 0.241. The van der Waals surface area contributed by atoms with Gasteiger partial charge in [0.25, 0.3) is 0 Å². The Morgan fingerprint density at radius 3 is 2.43 bits per heavy atom. The van der Waals surface area contributed by atoms with Crippen LogP contribution in [0.15, 0.2) is 79.0 Å². The number of carbonyl (C=O) groups is 1. The van der Waals surface area contributed by atoms with Gasteiger partial charge in [0, 0.05) is 24.2 Å². The molecule has 5 rings (SSSR count). The predicted molar refractivity (Wildman–Crippen MR) is 136 cm³/mol. The van der Waals surface area contributed by atoms with E-state index in [9.17, 15) is 18.0 Å². The van der Waals surface area contributed by atoms with Gasteiger partial charge in [0.2, 0.25) is 0 Å². The molecular formula is C29H26F3N3O2. The maximum Gasteiger partial charge on any atom is 0.417 e. The molecule has 1 aliphatic heterocycles. The van der Waals surface area contributed by atoms with E-state index >= 15 is 0 Å². The Morgan fingerprint density at radius 2 is 1.73 bits per heavy atom. The van der Waals surface area contributed by atoms with Crippen molar-refractivity contribution in [1.29, 1.82) is 0 Å². The van der Waals surface area contributed by atoms with Crippen molar-refractivity contribution >= 4 is 5.97 Å². The number of rotatable bonds is 7. The summed E-state index contributed by atoms with van der Waals surface area (Å²) >= 11 is 0. The molecule has 1 atom stereocenters. The number of aliphatic carboxylic acids is 1. The number of imidazole rings is 1. The van der Waals surface area contributed by atoms with Crippen molar-refractivity contribution in [1.82, 2.24) is 14.9 Å². The van der Waals surface area contributed by atoms with Crippen LogP contribution in [0, 0.1) is 0 Å². The zero-order valence-electron chi connectivity index (χ0n) is 20.0. The third-order valence-electron chi connectivity index (χ3n) is 6.87. The number of H-pyrrole nitrogens is 1. The number of halogens is 3. The highest BCUT2D eigenvalue weighted by molar-refractivity contribution is 5.74. The van der Waals surface area contributed by atoms with Crippen molar-refractivity contribution in [3.8, 4) is 33.8 Å². The summed E-state index contributed by atoms with van der Waals surface area (Å²) in [4.78, 5) is 20.6. The summed E-state index contributed by atoms with van der Waals surface area (Å²) in [5.41, 5.74) is 2.90. The van der Waals surface area contributed by atoms with Crippen LogP contribution in [0.2, 0.25) is 0 Å². The summed E-state index contributed by atoms with van der Waals surface area (Å²) in [5.74, 6) is 0.142. The van der Waals surface area contributed by atoms with E-state index in [1.54, 1.807) is 42.6 Å². The van der Waals surface area contributed by atoms with Crippen LogP contribution < -0.4 is 0 Å². The Balaban J connectivity index is 1.34. The molecule has 0 amide bonds.